The summed E-state index contributed by atoms with van der Waals surface area (Å²) in [5.41, 5.74) is 2.90. The Morgan fingerprint density at radius 1 is 1.30 bits per heavy atom. The van der Waals surface area contributed by atoms with E-state index < -0.39 is 0 Å². The number of nitrogens with zero attached hydrogens (tertiary/aromatic N) is 1. The quantitative estimate of drug-likeness (QED) is 0.740. The summed E-state index contributed by atoms with van der Waals surface area (Å²) in [5.74, 6) is 1.57. The normalized spacial score (nSPS) is 19.9. The smallest absolute Gasteiger partial charge is 0.173 e. The highest BCUT2D eigenvalue weighted by atomic mass is 32.1. The molecule has 1 atom stereocenters. The average molecular weight is 389 g/mol. The maximum absolute atomic E-state index is 12.8. The maximum atomic E-state index is 12.8. The number of carbonyl (C=O) groups excluding carboxylic acids is 1. The van der Waals surface area contributed by atoms with Crippen LogP contribution in [0, 0.1) is 0 Å². The van der Waals surface area contributed by atoms with E-state index in [0.29, 0.717) is 23.0 Å². The minimum Gasteiger partial charge on any atom is -0.493 e. The molecule has 27 heavy (non-hydrogen) atoms. The van der Waals surface area contributed by atoms with Crippen LogP contribution >= 0.6 is 12.2 Å². The molecule has 1 aliphatic heterocycles. The molecule has 3 rings (SSSR count). The number of carbonyl (C=O) groups is 1. The monoisotopic (exact) mass is 388 g/mol. The van der Waals surface area contributed by atoms with E-state index in [1.54, 1.807) is 7.11 Å². The van der Waals surface area contributed by atoms with Gasteiger partial charge in [-0.2, -0.15) is 0 Å². The van der Waals surface area contributed by atoms with Crippen LogP contribution in [0.2, 0.25) is 0 Å². The molecule has 1 aromatic carbocycles. The standard InChI is InChI=1S/C21H28N2O3S/c1-5-11-23-15-7-6-8-16(24)19(15)20(22-21(23)27)14-9-10-17(26-13(2)3)18(12-14)25-4/h9-10,12-13,20H,5-8,11H2,1-4H3,(H,22,27). The number of methoxy groups -OCH3 is 1. The molecule has 0 amide bonds. The number of rotatable bonds is 6. The summed E-state index contributed by atoms with van der Waals surface area (Å²) >= 11 is 5.63. The summed E-state index contributed by atoms with van der Waals surface area (Å²) in [6, 6.07) is 5.60. The lowest BCUT2D eigenvalue weighted by molar-refractivity contribution is -0.116. The van der Waals surface area contributed by atoms with E-state index in [1.807, 2.05) is 32.0 Å². The first-order valence-corrected chi connectivity index (χ1v) is 10.1. The fourth-order valence-electron chi connectivity index (χ4n) is 3.78. The lowest BCUT2D eigenvalue weighted by Gasteiger charge is -2.41. The van der Waals surface area contributed by atoms with Crippen LogP contribution in [-0.4, -0.2) is 35.6 Å². The molecule has 6 heteroatoms. The Balaban J connectivity index is 2.04. The molecule has 146 valence electrons. The lowest BCUT2D eigenvalue weighted by atomic mass is 9.84. The minimum atomic E-state index is -0.240. The third kappa shape index (κ3) is 3.95. The van der Waals surface area contributed by atoms with E-state index in [2.05, 4.69) is 17.1 Å². The molecule has 1 aromatic rings. The number of ketones is 1. The average Bonchev–Trinajstić information content (AvgIpc) is 2.64. The highest BCUT2D eigenvalue weighted by molar-refractivity contribution is 7.80. The zero-order chi connectivity index (χ0) is 19.6. The van der Waals surface area contributed by atoms with Crippen molar-refractivity contribution in [2.24, 2.45) is 0 Å². The molecule has 5 nitrogen and oxygen atoms in total. The van der Waals surface area contributed by atoms with Gasteiger partial charge in [0.25, 0.3) is 0 Å². The molecular weight excluding hydrogens is 360 g/mol. The van der Waals surface area contributed by atoms with Crippen LogP contribution in [0.5, 0.6) is 11.5 Å². The van der Waals surface area contributed by atoms with E-state index in [9.17, 15) is 4.79 Å². The SMILES string of the molecule is CCCN1C(=S)NC(c2ccc(OC(C)C)c(OC)c2)C2=C1CCCC2=O. The Bertz CT molecular complexity index is 773. The van der Waals surface area contributed by atoms with Crippen molar-refractivity contribution in [3.63, 3.8) is 0 Å². The molecule has 0 fully saturated rings. The predicted molar refractivity (Wildman–Crippen MR) is 110 cm³/mol. The fourth-order valence-corrected chi connectivity index (χ4v) is 4.10. The van der Waals surface area contributed by atoms with Crippen LogP contribution in [-0.2, 0) is 4.79 Å². The molecule has 1 aliphatic carbocycles. The maximum Gasteiger partial charge on any atom is 0.173 e. The first-order chi connectivity index (χ1) is 13.0. The van der Waals surface area contributed by atoms with E-state index in [-0.39, 0.29) is 17.9 Å². The molecular formula is C21H28N2O3S. The van der Waals surface area contributed by atoms with Crippen molar-refractivity contribution in [1.82, 2.24) is 10.2 Å². The Morgan fingerprint density at radius 3 is 2.74 bits per heavy atom. The Kier molecular flexibility index (Phi) is 6.05. The van der Waals surface area contributed by atoms with Crippen LogP contribution in [0.1, 0.15) is 58.1 Å². The fraction of sp³-hybridized carbons (Fsp3) is 0.524. The van der Waals surface area contributed by atoms with E-state index in [1.165, 1.54) is 0 Å². The van der Waals surface area contributed by atoms with Gasteiger partial charge in [0.1, 0.15) is 0 Å². The third-order valence-electron chi connectivity index (χ3n) is 4.89. The van der Waals surface area contributed by atoms with Crippen molar-refractivity contribution in [3.05, 3.63) is 35.0 Å². The Hall–Kier alpha value is -2.08. The second-order valence-corrected chi connectivity index (χ2v) is 7.63. The molecule has 1 N–H and O–H groups in total. The summed E-state index contributed by atoms with van der Waals surface area (Å²) in [5, 5.41) is 4.08. The van der Waals surface area contributed by atoms with Crippen molar-refractivity contribution < 1.29 is 14.3 Å². The predicted octanol–water partition coefficient (Wildman–Crippen LogP) is 4.13. The van der Waals surface area contributed by atoms with E-state index in [4.69, 9.17) is 21.7 Å². The van der Waals surface area contributed by atoms with E-state index in [0.717, 1.165) is 42.6 Å². The molecule has 1 unspecified atom stereocenters. The second kappa shape index (κ2) is 8.30. The lowest BCUT2D eigenvalue weighted by Crippen LogP contribution is -2.49. The number of hydrogen-bond donors (Lipinski definition) is 1. The van der Waals surface area contributed by atoms with Gasteiger partial charge in [-0.25, -0.2) is 0 Å². The first kappa shape index (κ1) is 19.7. The van der Waals surface area contributed by atoms with Crippen molar-refractivity contribution in [3.8, 4) is 11.5 Å². The zero-order valence-electron chi connectivity index (χ0n) is 16.5. The van der Waals surface area contributed by atoms with Gasteiger partial charge in [0, 0.05) is 24.2 Å². The molecule has 0 bridgehead atoms. The largest absolute Gasteiger partial charge is 0.493 e. The number of Topliss-reactive ketones (excluding diaryl/α,β-unsaturated/α-hetero) is 1. The second-order valence-electron chi connectivity index (χ2n) is 7.25. The summed E-state index contributed by atoms with van der Waals surface area (Å²) in [7, 11) is 1.63. The zero-order valence-corrected chi connectivity index (χ0v) is 17.3. The highest BCUT2D eigenvalue weighted by Gasteiger charge is 2.37. The number of nitrogens with one attached hydrogen (secondary N) is 1. The number of benzene rings is 1. The molecule has 0 radical (unpaired) electrons. The van der Waals surface area contributed by atoms with Gasteiger partial charge < -0.3 is 19.7 Å². The molecule has 0 spiro atoms. The van der Waals surface area contributed by atoms with Crippen LogP contribution in [0.3, 0.4) is 0 Å². The molecule has 2 aliphatic rings. The topological polar surface area (TPSA) is 50.8 Å². The van der Waals surface area contributed by atoms with Gasteiger partial charge >= 0.3 is 0 Å². The number of hydrogen-bond acceptors (Lipinski definition) is 4. The van der Waals surface area contributed by atoms with Crippen molar-refractivity contribution in [2.75, 3.05) is 13.7 Å². The summed E-state index contributed by atoms with van der Waals surface area (Å²) in [6.07, 6.45) is 3.41. The van der Waals surface area contributed by atoms with Crippen molar-refractivity contribution >= 4 is 23.1 Å². The number of allylic oxidation sites excluding steroid dienone is 1. The molecule has 0 saturated heterocycles. The van der Waals surface area contributed by atoms with Gasteiger partial charge in [-0.1, -0.05) is 13.0 Å². The van der Waals surface area contributed by atoms with Crippen LogP contribution in [0.25, 0.3) is 0 Å². The highest BCUT2D eigenvalue weighted by Crippen LogP contribution is 2.40. The van der Waals surface area contributed by atoms with Crippen molar-refractivity contribution in [2.45, 2.75) is 58.6 Å². The summed E-state index contributed by atoms with van der Waals surface area (Å²) < 4.78 is 11.3. The van der Waals surface area contributed by atoms with Crippen LogP contribution in [0.4, 0.5) is 0 Å². The van der Waals surface area contributed by atoms with Crippen LogP contribution in [0.15, 0.2) is 29.5 Å². The van der Waals surface area contributed by atoms with Crippen LogP contribution < -0.4 is 14.8 Å². The first-order valence-electron chi connectivity index (χ1n) is 9.65. The van der Waals surface area contributed by atoms with E-state index >= 15 is 0 Å². The van der Waals surface area contributed by atoms with Gasteiger partial charge in [0.05, 0.1) is 19.3 Å². The summed E-state index contributed by atoms with van der Waals surface area (Å²) in [4.78, 5) is 14.9. The Morgan fingerprint density at radius 2 is 2.07 bits per heavy atom. The minimum absolute atomic E-state index is 0.0574. The van der Waals surface area contributed by atoms with Crippen molar-refractivity contribution in [1.29, 1.82) is 0 Å². The molecule has 0 aromatic heterocycles. The molecule has 1 heterocycles. The van der Waals surface area contributed by atoms with Gasteiger partial charge in [-0.3, -0.25) is 4.79 Å². The number of ether oxygens (including phenoxy) is 2. The Labute approximate surface area is 166 Å². The van der Waals surface area contributed by atoms with Gasteiger partial charge in [0.15, 0.2) is 22.4 Å². The van der Waals surface area contributed by atoms with Gasteiger partial charge in [-0.05, 0) is 63.0 Å². The van der Waals surface area contributed by atoms with Gasteiger partial charge in [0.2, 0.25) is 0 Å². The third-order valence-corrected chi connectivity index (χ3v) is 5.23. The molecule has 0 saturated carbocycles. The number of thiocarbonyl (C=S) groups is 1. The van der Waals surface area contributed by atoms with Gasteiger partial charge in [-0.15, -0.1) is 0 Å². The summed E-state index contributed by atoms with van der Waals surface area (Å²) in [6.45, 7) is 6.91.